The summed E-state index contributed by atoms with van der Waals surface area (Å²) in [6, 6.07) is 6.26. The Hall–Kier alpha value is -0.500. The van der Waals surface area contributed by atoms with E-state index in [0.717, 1.165) is 16.1 Å². The Balaban J connectivity index is 1.95. The number of hydrogen-bond donors (Lipinski definition) is 0. The zero-order valence-electron chi connectivity index (χ0n) is 10.7. The molecule has 17 heavy (non-hydrogen) atoms. The summed E-state index contributed by atoms with van der Waals surface area (Å²) < 4.78 is 7.23. The summed E-state index contributed by atoms with van der Waals surface area (Å²) >= 11 is 3.50. The van der Waals surface area contributed by atoms with E-state index in [1.54, 1.807) is 0 Å². The molecule has 0 unspecified atom stereocenters. The van der Waals surface area contributed by atoms with Crippen LogP contribution in [0, 0.1) is 12.8 Å². The lowest BCUT2D eigenvalue weighted by molar-refractivity contribution is 0.129. The van der Waals surface area contributed by atoms with Gasteiger partial charge < -0.3 is 4.74 Å². The zero-order valence-corrected chi connectivity index (χ0v) is 12.3. The van der Waals surface area contributed by atoms with Crippen LogP contribution in [0.4, 0.5) is 0 Å². The second-order valence-electron chi connectivity index (χ2n) is 5.08. The van der Waals surface area contributed by atoms with Crippen molar-refractivity contribution in [1.82, 2.24) is 0 Å². The average Bonchev–Trinajstić information content (AvgIpc) is 2.35. The van der Waals surface area contributed by atoms with Crippen molar-refractivity contribution in [3.05, 3.63) is 28.2 Å². The van der Waals surface area contributed by atoms with Crippen LogP contribution < -0.4 is 4.74 Å². The number of benzene rings is 1. The molecule has 0 amide bonds. The molecule has 1 nitrogen and oxygen atoms in total. The minimum Gasteiger partial charge on any atom is -0.490 e. The third-order valence-electron chi connectivity index (χ3n) is 3.81. The number of ether oxygens (including phenoxy) is 1. The molecular weight excluding hydrogens is 276 g/mol. The molecule has 1 aromatic rings. The normalized spacial score (nSPS) is 24.6. The Kier molecular flexibility index (Phi) is 4.49. The molecule has 0 radical (unpaired) electrons. The van der Waals surface area contributed by atoms with Gasteiger partial charge in [-0.3, -0.25) is 0 Å². The van der Waals surface area contributed by atoms with Crippen LogP contribution in [0.3, 0.4) is 0 Å². The van der Waals surface area contributed by atoms with Crippen molar-refractivity contribution < 1.29 is 4.74 Å². The Bertz CT molecular complexity index is 367. The molecular formula is C15H21BrO. The maximum Gasteiger partial charge on any atom is 0.123 e. The van der Waals surface area contributed by atoms with Crippen LogP contribution in [0.15, 0.2) is 22.7 Å². The van der Waals surface area contributed by atoms with Gasteiger partial charge in [0.15, 0.2) is 0 Å². The number of rotatable bonds is 3. The van der Waals surface area contributed by atoms with Gasteiger partial charge in [0.25, 0.3) is 0 Å². The highest BCUT2D eigenvalue weighted by molar-refractivity contribution is 9.10. The quantitative estimate of drug-likeness (QED) is 0.753. The molecule has 1 aliphatic carbocycles. The third-order valence-corrected chi connectivity index (χ3v) is 4.31. The molecule has 0 N–H and O–H groups in total. The molecule has 94 valence electrons. The van der Waals surface area contributed by atoms with Gasteiger partial charge in [-0.15, -0.1) is 0 Å². The standard InChI is InChI=1S/C15H21BrO/c1-3-12-5-8-14(9-6-12)17-15-10-13(16)7-4-11(15)2/h4,7,10,12,14H,3,5-6,8-9H2,1-2H3. The Morgan fingerprint density at radius 3 is 2.59 bits per heavy atom. The van der Waals surface area contributed by atoms with E-state index in [-0.39, 0.29) is 0 Å². The van der Waals surface area contributed by atoms with Gasteiger partial charge in [0.05, 0.1) is 6.10 Å². The van der Waals surface area contributed by atoms with Crippen LogP contribution in [0.5, 0.6) is 5.75 Å². The minimum atomic E-state index is 0.422. The fourth-order valence-electron chi connectivity index (χ4n) is 2.54. The number of halogens is 1. The largest absolute Gasteiger partial charge is 0.490 e. The van der Waals surface area contributed by atoms with Crippen LogP contribution in [-0.2, 0) is 0 Å². The van der Waals surface area contributed by atoms with Crippen molar-refractivity contribution in [2.75, 3.05) is 0 Å². The van der Waals surface area contributed by atoms with E-state index in [4.69, 9.17) is 4.74 Å². The Morgan fingerprint density at radius 1 is 1.24 bits per heavy atom. The highest BCUT2D eigenvalue weighted by Gasteiger charge is 2.21. The third kappa shape index (κ3) is 3.48. The second kappa shape index (κ2) is 5.90. The van der Waals surface area contributed by atoms with Crippen molar-refractivity contribution in [3.63, 3.8) is 0 Å². The van der Waals surface area contributed by atoms with Crippen LogP contribution in [0.1, 0.15) is 44.6 Å². The monoisotopic (exact) mass is 296 g/mol. The molecule has 0 aromatic heterocycles. The van der Waals surface area contributed by atoms with Gasteiger partial charge in [-0.1, -0.05) is 35.3 Å². The molecule has 0 spiro atoms. The topological polar surface area (TPSA) is 9.23 Å². The summed E-state index contributed by atoms with van der Waals surface area (Å²) in [6.07, 6.45) is 6.82. The first-order valence-corrected chi connectivity index (χ1v) is 7.41. The summed E-state index contributed by atoms with van der Waals surface area (Å²) in [4.78, 5) is 0. The van der Waals surface area contributed by atoms with Crippen LogP contribution in [-0.4, -0.2) is 6.10 Å². The van der Waals surface area contributed by atoms with Gasteiger partial charge in [0, 0.05) is 4.47 Å². The minimum absolute atomic E-state index is 0.422. The second-order valence-corrected chi connectivity index (χ2v) is 5.99. The number of hydrogen-bond acceptors (Lipinski definition) is 1. The van der Waals surface area contributed by atoms with E-state index in [1.807, 2.05) is 0 Å². The van der Waals surface area contributed by atoms with Gasteiger partial charge in [0.1, 0.15) is 5.75 Å². The summed E-state index contributed by atoms with van der Waals surface area (Å²) in [5.74, 6) is 1.97. The highest BCUT2D eigenvalue weighted by Crippen LogP contribution is 2.31. The summed E-state index contributed by atoms with van der Waals surface area (Å²) in [7, 11) is 0. The van der Waals surface area contributed by atoms with E-state index in [9.17, 15) is 0 Å². The first-order chi connectivity index (χ1) is 8.19. The fraction of sp³-hybridized carbons (Fsp3) is 0.600. The van der Waals surface area contributed by atoms with Gasteiger partial charge in [-0.2, -0.15) is 0 Å². The summed E-state index contributed by atoms with van der Waals surface area (Å²) in [5.41, 5.74) is 1.23. The molecule has 1 aromatic carbocycles. The SMILES string of the molecule is CCC1CCC(Oc2cc(Br)ccc2C)CC1. The molecule has 1 fully saturated rings. The van der Waals surface area contributed by atoms with E-state index < -0.39 is 0 Å². The maximum absolute atomic E-state index is 6.13. The van der Waals surface area contributed by atoms with E-state index >= 15 is 0 Å². The van der Waals surface area contributed by atoms with Gasteiger partial charge in [-0.05, 0) is 56.2 Å². The highest BCUT2D eigenvalue weighted by atomic mass is 79.9. The maximum atomic E-state index is 6.13. The van der Waals surface area contributed by atoms with Gasteiger partial charge in [-0.25, -0.2) is 0 Å². The van der Waals surface area contributed by atoms with Crippen molar-refractivity contribution in [3.8, 4) is 5.75 Å². The smallest absolute Gasteiger partial charge is 0.123 e. The zero-order chi connectivity index (χ0) is 12.3. The Labute approximate surface area is 113 Å². The molecule has 0 bridgehead atoms. The average molecular weight is 297 g/mol. The van der Waals surface area contributed by atoms with Gasteiger partial charge in [0.2, 0.25) is 0 Å². The molecule has 2 rings (SSSR count). The molecule has 1 aliphatic rings. The van der Waals surface area contributed by atoms with E-state index in [2.05, 4.69) is 48.0 Å². The van der Waals surface area contributed by atoms with E-state index in [1.165, 1.54) is 37.7 Å². The summed E-state index contributed by atoms with van der Waals surface area (Å²) in [6.45, 7) is 4.41. The first-order valence-electron chi connectivity index (χ1n) is 6.62. The summed E-state index contributed by atoms with van der Waals surface area (Å²) in [5, 5.41) is 0. The Morgan fingerprint density at radius 2 is 1.94 bits per heavy atom. The lowest BCUT2D eigenvalue weighted by atomic mass is 9.86. The molecule has 0 saturated heterocycles. The van der Waals surface area contributed by atoms with Crippen LogP contribution in [0.2, 0.25) is 0 Å². The van der Waals surface area contributed by atoms with Crippen LogP contribution in [0.25, 0.3) is 0 Å². The predicted molar refractivity (Wildman–Crippen MR) is 75.5 cm³/mol. The fourth-order valence-corrected chi connectivity index (χ4v) is 2.88. The first kappa shape index (κ1) is 12.9. The number of aryl methyl sites for hydroxylation is 1. The molecule has 0 heterocycles. The van der Waals surface area contributed by atoms with Crippen molar-refractivity contribution in [2.24, 2.45) is 5.92 Å². The predicted octanol–water partition coefficient (Wildman–Crippen LogP) is 5.11. The van der Waals surface area contributed by atoms with Crippen molar-refractivity contribution in [2.45, 2.75) is 52.1 Å². The molecule has 2 heteroatoms. The molecule has 0 atom stereocenters. The van der Waals surface area contributed by atoms with Crippen LogP contribution >= 0.6 is 15.9 Å². The molecule has 1 saturated carbocycles. The van der Waals surface area contributed by atoms with Crippen molar-refractivity contribution in [1.29, 1.82) is 0 Å². The van der Waals surface area contributed by atoms with Gasteiger partial charge >= 0.3 is 0 Å². The van der Waals surface area contributed by atoms with Crippen molar-refractivity contribution >= 4 is 15.9 Å². The van der Waals surface area contributed by atoms with E-state index in [0.29, 0.717) is 6.10 Å². The lowest BCUT2D eigenvalue weighted by Crippen LogP contribution is -2.24. The molecule has 0 aliphatic heterocycles. The lowest BCUT2D eigenvalue weighted by Gasteiger charge is -2.28.